The zero-order valence-corrected chi connectivity index (χ0v) is 8.66. The smallest absolute Gasteiger partial charge is 0.189 e. The van der Waals surface area contributed by atoms with Crippen molar-refractivity contribution in [3.63, 3.8) is 0 Å². The van der Waals surface area contributed by atoms with E-state index in [1.54, 1.807) is 19.1 Å². The molecule has 2 rings (SSSR count). The average molecular weight is 196 g/mol. The molecule has 2 aliphatic heterocycles. The van der Waals surface area contributed by atoms with Gasteiger partial charge in [0.2, 0.25) is 0 Å². The van der Waals surface area contributed by atoms with E-state index in [0.717, 1.165) is 19.3 Å². The van der Waals surface area contributed by atoms with Crippen molar-refractivity contribution in [2.45, 2.75) is 51.1 Å². The van der Waals surface area contributed by atoms with Gasteiger partial charge in [-0.2, -0.15) is 0 Å². The first-order valence-corrected chi connectivity index (χ1v) is 5.20. The summed E-state index contributed by atoms with van der Waals surface area (Å²) in [5.41, 5.74) is 0. The molecular weight excluding hydrogens is 180 g/mol. The van der Waals surface area contributed by atoms with Crippen molar-refractivity contribution in [2.75, 3.05) is 0 Å². The van der Waals surface area contributed by atoms with E-state index in [1.807, 2.05) is 6.92 Å². The second-order valence-corrected chi connectivity index (χ2v) is 4.13. The van der Waals surface area contributed by atoms with Gasteiger partial charge in [0, 0.05) is 6.42 Å². The highest BCUT2D eigenvalue weighted by Crippen LogP contribution is 2.34. The molecule has 78 valence electrons. The molecule has 0 saturated carbocycles. The molecule has 0 aromatic heterocycles. The highest BCUT2D eigenvalue weighted by Gasteiger charge is 2.39. The zero-order chi connectivity index (χ0) is 10.2. The van der Waals surface area contributed by atoms with Crippen molar-refractivity contribution in [1.29, 1.82) is 0 Å². The molecule has 1 saturated heterocycles. The van der Waals surface area contributed by atoms with Gasteiger partial charge in [-0.1, -0.05) is 0 Å². The Labute approximate surface area is 84.1 Å². The normalized spacial score (nSPS) is 43.1. The fourth-order valence-electron chi connectivity index (χ4n) is 2.04. The van der Waals surface area contributed by atoms with Crippen LogP contribution < -0.4 is 0 Å². The summed E-state index contributed by atoms with van der Waals surface area (Å²) in [5, 5.41) is 0. The molecule has 0 bridgehead atoms. The molecule has 0 aromatic carbocycles. The highest BCUT2D eigenvalue weighted by atomic mass is 16.7. The van der Waals surface area contributed by atoms with Gasteiger partial charge in [-0.15, -0.1) is 0 Å². The fraction of sp³-hybridized carbons (Fsp3) is 0.727. The molecule has 2 heterocycles. The van der Waals surface area contributed by atoms with Crippen LogP contribution in [-0.4, -0.2) is 23.8 Å². The standard InChI is InChI=1S/C11H16O3/c1-8-4-3-6-11(13-8)7-5-10(12)9(2)14-11/h5,7-9H,3-4,6H2,1-2H3/t8-,9+,11+/m1/s1. The van der Waals surface area contributed by atoms with Crippen LogP contribution in [0, 0.1) is 0 Å². The Kier molecular flexibility index (Phi) is 2.45. The first-order valence-electron chi connectivity index (χ1n) is 5.20. The molecule has 2 aliphatic rings. The van der Waals surface area contributed by atoms with Crippen LogP contribution in [0.3, 0.4) is 0 Å². The highest BCUT2D eigenvalue weighted by molar-refractivity contribution is 5.94. The lowest BCUT2D eigenvalue weighted by Gasteiger charge is -2.40. The van der Waals surface area contributed by atoms with Crippen LogP contribution in [0.25, 0.3) is 0 Å². The van der Waals surface area contributed by atoms with E-state index in [9.17, 15) is 4.79 Å². The summed E-state index contributed by atoms with van der Waals surface area (Å²) in [6.07, 6.45) is 6.22. The van der Waals surface area contributed by atoms with Crippen LogP contribution in [0.5, 0.6) is 0 Å². The number of ether oxygens (including phenoxy) is 2. The number of ketones is 1. The quantitative estimate of drug-likeness (QED) is 0.592. The third-order valence-corrected chi connectivity index (χ3v) is 2.82. The van der Waals surface area contributed by atoms with Crippen LogP contribution in [0.1, 0.15) is 33.1 Å². The third-order valence-electron chi connectivity index (χ3n) is 2.82. The molecule has 14 heavy (non-hydrogen) atoms. The van der Waals surface area contributed by atoms with Gasteiger partial charge in [-0.25, -0.2) is 0 Å². The number of hydrogen-bond donors (Lipinski definition) is 0. The van der Waals surface area contributed by atoms with Crippen LogP contribution >= 0.6 is 0 Å². The summed E-state index contributed by atoms with van der Waals surface area (Å²) in [5.74, 6) is -0.595. The van der Waals surface area contributed by atoms with Crippen molar-refractivity contribution < 1.29 is 14.3 Å². The lowest BCUT2D eigenvalue weighted by molar-refractivity contribution is -0.262. The van der Waals surface area contributed by atoms with Crippen LogP contribution in [0.4, 0.5) is 0 Å². The Morgan fingerprint density at radius 3 is 2.86 bits per heavy atom. The molecule has 3 nitrogen and oxygen atoms in total. The molecule has 0 radical (unpaired) electrons. The van der Waals surface area contributed by atoms with Crippen molar-refractivity contribution in [3.8, 4) is 0 Å². The first-order chi connectivity index (χ1) is 6.61. The second kappa shape index (κ2) is 3.48. The van der Waals surface area contributed by atoms with Crippen molar-refractivity contribution in [1.82, 2.24) is 0 Å². The van der Waals surface area contributed by atoms with Crippen molar-refractivity contribution in [2.24, 2.45) is 0 Å². The minimum atomic E-state index is -0.620. The molecule has 1 spiro atoms. The van der Waals surface area contributed by atoms with Gasteiger partial charge in [-0.05, 0) is 38.8 Å². The van der Waals surface area contributed by atoms with Gasteiger partial charge >= 0.3 is 0 Å². The summed E-state index contributed by atoms with van der Waals surface area (Å²) in [7, 11) is 0. The van der Waals surface area contributed by atoms with E-state index in [2.05, 4.69) is 0 Å². The molecule has 0 unspecified atom stereocenters. The van der Waals surface area contributed by atoms with Crippen LogP contribution in [0.15, 0.2) is 12.2 Å². The summed E-state index contributed by atoms with van der Waals surface area (Å²) < 4.78 is 11.4. The van der Waals surface area contributed by atoms with E-state index < -0.39 is 5.79 Å². The van der Waals surface area contributed by atoms with E-state index >= 15 is 0 Å². The van der Waals surface area contributed by atoms with Gasteiger partial charge in [-0.3, -0.25) is 4.79 Å². The topological polar surface area (TPSA) is 35.5 Å². The van der Waals surface area contributed by atoms with Gasteiger partial charge < -0.3 is 9.47 Å². The molecule has 0 N–H and O–H groups in total. The number of rotatable bonds is 0. The lowest BCUT2D eigenvalue weighted by atomic mass is 9.98. The molecule has 0 amide bonds. The molecular formula is C11H16O3. The summed E-state index contributed by atoms with van der Waals surface area (Å²) in [6, 6.07) is 0. The minimum Gasteiger partial charge on any atom is -0.343 e. The third kappa shape index (κ3) is 1.74. The maximum Gasteiger partial charge on any atom is 0.189 e. The maximum atomic E-state index is 11.2. The van der Waals surface area contributed by atoms with Gasteiger partial charge in [0.05, 0.1) is 6.10 Å². The largest absolute Gasteiger partial charge is 0.343 e. The number of carbonyl (C=O) groups is 1. The summed E-state index contributed by atoms with van der Waals surface area (Å²) in [6.45, 7) is 3.81. The molecule has 1 fully saturated rings. The monoisotopic (exact) mass is 196 g/mol. The predicted molar refractivity (Wildman–Crippen MR) is 51.8 cm³/mol. The fourth-order valence-corrected chi connectivity index (χ4v) is 2.04. The van der Waals surface area contributed by atoms with Crippen LogP contribution in [0.2, 0.25) is 0 Å². The Morgan fingerprint density at radius 1 is 1.43 bits per heavy atom. The summed E-state index contributed by atoms with van der Waals surface area (Å²) in [4.78, 5) is 11.2. The molecule has 3 atom stereocenters. The number of hydrogen-bond acceptors (Lipinski definition) is 3. The van der Waals surface area contributed by atoms with Gasteiger partial charge in [0.25, 0.3) is 0 Å². The molecule has 3 heteroatoms. The maximum absolute atomic E-state index is 11.2. The SMILES string of the molecule is C[C@@H]1CCC[C@]2(C=CC(=O)[C@H](C)O2)O1. The van der Waals surface area contributed by atoms with E-state index in [1.165, 1.54) is 0 Å². The lowest BCUT2D eigenvalue weighted by Crippen LogP contribution is -2.46. The number of carbonyl (C=O) groups excluding carboxylic acids is 1. The Bertz CT molecular complexity index is 272. The Balaban J connectivity index is 2.16. The summed E-state index contributed by atoms with van der Waals surface area (Å²) >= 11 is 0. The van der Waals surface area contributed by atoms with Crippen LogP contribution in [-0.2, 0) is 14.3 Å². The zero-order valence-electron chi connectivity index (χ0n) is 8.66. The first kappa shape index (κ1) is 9.87. The average Bonchev–Trinajstić information content (AvgIpc) is 2.12. The Morgan fingerprint density at radius 2 is 2.21 bits per heavy atom. The van der Waals surface area contributed by atoms with Crippen molar-refractivity contribution in [3.05, 3.63) is 12.2 Å². The van der Waals surface area contributed by atoms with Gasteiger partial charge in [0.1, 0.15) is 6.10 Å². The second-order valence-electron chi connectivity index (χ2n) is 4.13. The van der Waals surface area contributed by atoms with E-state index in [-0.39, 0.29) is 18.0 Å². The van der Waals surface area contributed by atoms with Crippen molar-refractivity contribution >= 4 is 5.78 Å². The minimum absolute atomic E-state index is 0.0254. The molecule has 0 aliphatic carbocycles. The van der Waals surface area contributed by atoms with Gasteiger partial charge in [0.15, 0.2) is 11.6 Å². The molecule has 0 aromatic rings. The Hall–Kier alpha value is -0.670. The van der Waals surface area contributed by atoms with E-state index in [4.69, 9.17) is 9.47 Å². The predicted octanol–water partition coefficient (Wildman–Crippen LogP) is 1.82. The van der Waals surface area contributed by atoms with E-state index in [0.29, 0.717) is 0 Å².